The molecule has 1 saturated heterocycles. The maximum absolute atomic E-state index is 12.9. The number of fused-ring (bicyclic) bond motifs is 1. The van der Waals surface area contributed by atoms with E-state index in [1.165, 1.54) is 0 Å². The number of aryl methyl sites for hydroxylation is 2. The van der Waals surface area contributed by atoms with Crippen LogP contribution in [0.4, 0.5) is 5.69 Å². The first-order chi connectivity index (χ1) is 15.4. The number of likely N-dealkylation sites (N-methyl/N-ethyl adjacent to an activating group) is 1. The average Bonchev–Trinajstić information content (AvgIpc) is 2.78. The molecule has 6 nitrogen and oxygen atoms in total. The van der Waals surface area contributed by atoms with Crippen molar-refractivity contribution in [2.75, 3.05) is 44.5 Å². The molecule has 0 aliphatic carbocycles. The van der Waals surface area contributed by atoms with Gasteiger partial charge in [-0.05, 0) is 64.0 Å². The van der Waals surface area contributed by atoms with E-state index in [0.717, 1.165) is 68.6 Å². The largest absolute Gasteiger partial charge is 0.304 e. The number of sulfonamides is 1. The zero-order valence-corrected chi connectivity index (χ0v) is 19.7. The molecule has 7 heteroatoms. The van der Waals surface area contributed by atoms with Crippen molar-refractivity contribution < 1.29 is 8.42 Å². The van der Waals surface area contributed by atoms with Gasteiger partial charge in [-0.1, -0.05) is 35.9 Å². The first kappa shape index (κ1) is 22.7. The SMILES string of the molecule is Cc1ccc(S(=O)(=O)Nc2cccc3ccc(CCCCN4CCN(C)CC4)nc23)cc1. The minimum Gasteiger partial charge on any atom is -0.304 e. The molecule has 3 aromatic rings. The van der Waals surface area contributed by atoms with Gasteiger partial charge in [0.25, 0.3) is 10.0 Å². The summed E-state index contributed by atoms with van der Waals surface area (Å²) in [5, 5.41) is 0.926. The minimum absolute atomic E-state index is 0.250. The predicted octanol–water partition coefficient (Wildman–Crippen LogP) is 3.91. The molecule has 4 rings (SSSR count). The Bertz CT molecular complexity index is 1150. The zero-order chi connectivity index (χ0) is 22.6. The molecule has 0 unspecified atom stereocenters. The molecule has 170 valence electrons. The molecule has 1 aliphatic heterocycles. The smallest absolute Gasteiger partial charge is 0.261 e. The molecule has 0 spiro atoms. The van der Waals surface area contributed by atoms with Crippen LogP contribution in [0.3, 0.4) is 0 Å². The van der Waals surface area contributed by atoms with E-state index in [4.69, 9.17) is 4.98 Å². The standard InChI is InChI=1S/C25H32N4O2S/c1-20-9-13-23(14-10-20)32(30,31)27-24-8-5-6-21-11-12-22(26-25(21)24)7-3-4-15-29-18-16-28(2)17-19-29/h5-6,8-14,27H,3-4,7,15-19H2,1-2H3. The normalized spacial score (nSPS) is 15.8. The number of para-hydroxylation sites is 1. The van der Waals surface area contributed by atoms with E-state index in [0.29, 0.717) is 11.2 Å². The first-order valence-corrected chi connectivity index (χ1v) is 12.8. The number of hydrogen-bond donors (Lipinski definition) is 1. The van der Waals surface area contributed by atoms with Gasteiger partial charge in [0, 0.05) is 37.3 Å². The number of aromatic nitrogens is 1. The average molecular weight is 453 g/mol. The van der Waals surface area contributed by atoms with Crippen molar-refractivity contribution in [3.8, 4) is 0 Å². The molecular weight excluding hydrogens is 420 g/mol. The van der Waals surface area contributed by atoms with Crippen LogP contribution in [0.1, 0.15) is 24.1 Å². The van der Waals surface area contributed by atoms with Crippen LogP contribution in [-0.2, 0) is 16.4 Å². The Hall–Kier alpha value is -2.48. The van der Waals surface area contributed by atoms with Crippen LogP contribution in [0.25, 0.3) is 10.9 Å². The quantitative estimate of drug-likeness (QED) is 0.525. The highest BCUT2D eigenvalue weighted by atomic mass is 32.2. The van der Waals surface area contributed by atoms with Gasteiger partial charge >= 0.3 is 0 Å². The Morgan fingerprint density at radius 3 is 2.44 bits per heavy atom. The van der Waals surface area contributed by atoms with Gasteiger partial charge < -0.3 is 9.80 Å². The molecule has 1 N–H and O–H groups in total. The molecule has 1 aliphatic rings. The van der Waals surface area contributed by atoms with Crippen molar-refractivity contribution in [1.82, 2.24) is 14.8 Å². The van der Waals surface area contributed by atoms with Crippen LogP contribution in [0.5, 0.6) is 0 Å². The topological polar surface area (TPSA) is 65.5 Å². The molecule has 0 radical (unpaired) electrons. The van der Waals surface area contributed by atoms with Crippen LogP contribution in [0.2, 0.25) is 0 Å². The van der Waals surface area contributed by atoms with E-state index in [2.05, 4.69) is 27.6 Å². The summed E-state index contributed by atoms with van der Waals surface area (Å²) < 4.78 is 28.5. The van der Waals surface area contributed by atoms with E-state index in [1.807, 2.05) is 25.1 Å². The fourth-order valence-electron chi connectivity index (χ4n) is 4.04. The maximum atomic E-state index is 12.9. The highest BCUT2D eigenvalue weighted by Crippen LogP contribution is 2.25. The number of nitrogens with zero attached hydrogens (tertiary/aromatic N) is 3. The lowest BCUT2D eigenvalue weighted by atomic mass is 10.1. The monoisotopic (exact) mass is 452 g/mol. The number of rotatable bonds is 8. The van der Waals surface area contributed by atoms with Crippen molar-refractivity contribution in [1.29, 1.82) is 0 Å². The predicted molar refractivity (Wildman–Crippen MR) is 131 cm³/mol. The summed E-state index contributed by atoms with van der Waals surface area (Å²) in [6.45, 7) is 7.65. The van der Waals surface area contributed by atoms with Gasteiger partial charge in [-0.15, -0.1) is 0 Å². The van der Waals surface area contributed by atoms with Crippen molar-refractivity contribution in [2.24, 2.45) is 0 Å². The van der Waals surface area contributed by atoms with Crippen LogP contribution >= 0.6 is 0 Å². The second kappa shape index (κ2) is 9.98. The molecule has 2 heterocycles. The van der Waals surface area contributed by atoms with Gasteiger partial charge in [0.15, 0.2) is 0 Å². The Morgan fingerprint density at radius 2 is 1.69 bits per heavy atom. The lowest BCUT2D eigenvalue weighted by molar-refractivity contribution is 0.152. The fraction of sp³-hybridized carbons (Fsp3) is 0.400. The van der Waals surface area contributed by atoms with Crippen LogP contribution in [0.15, 0.2) is 59.5 Å². The minimum atomic E-state index is -3.67. The molecule has 0 atom stereocenters. The van der Waals surface area contributed by atoms with E-state index in [-0.39, 0.29) is 4.90 Å². The third-order valence-electron chi connectivity index (χ3n) is 6.11. The van der Waals surface area contributed by atoms with Crippen molar-refractivity contribution in [3.05, 3.63) is 65.9 Å². The van der Waals surface area contributed by atoms with E-state index in [9.17, 15) is 8.42 Å². The zero-order valence-electron chi connectivity index (χ0n) is 18.9. The summed E-state index contributed by atoms with van der Waals surface area (Å²) in [7, 11) is -1.49. The van der Waals surface area contributed by atoms with Crippen molar-refractivity contribution >= 4 is 26.6 Å². The Balaban J connectivity index is 1.43. The number of hydrogen-bond acceptors (Lipinski definition) is 5. The number of unbranched alkanes of at least 4 members (excludes halogenated alkanes) is 1. The lowest BCUT2D eigenvalue weighted by Crippen LogP contribution is -2.44. The third kappa shape index (κ3) is 5.65. The molecule has 2 aromatic carbocycles. The highest BCUT2D eigenvalue weighted by molar-refractivity contribution is 7.92. The van der Waals surface area contributed by atoms with Gasteiger partial charge in [-0.3, -0.25) is 9.71 Å². The van der Waals surface area contributed by atoms with Gasteiger partial charge in [-0.25, -0.2) is 8.42 Å². The summed E-state index contributed by atoms with van der Waals surface area (Å²) in [5.74, 6) is 0. The first-order valence-electron chi connectivity index (χ1n) is 11.3. The van der Waals surface area contributed by atoms with Crippen LogP contribution < -0.4 is 4.72 Å². The van der Waals surface area contributed by atoms with Crippen LogP contribution in [0, 0.1) is 6.92 Å². The number of pyridine rings is 1. The summed E-state index contributed by atoms with van der Waals surface area (Å²) in [4.78, 5) is 9.97. The molecule has 32 heavy (non-hydrogen) atoms. The molecule has 1 fully saturated rings. The number of piperazine rings is 1. The van der Waals surface area contributed by atoms with Crippen molar-refractivity contribution in [3.63, 3.8) is 0 Å². The number of benzene rings is 2. The van der Waals surface area contributed by atoms with Crippen LogP contribution in [-0.4, -0.2) is 63.0 Å². The summed E-state index contributed by atoms with van der Waals surface area (Å²) in [5.41, 5.74) is 3.23. The number of nitrogens with one attached hydrogen (secondary N) is 1. The van der Waals surface area contributed by atoms with E-state index >= 15 is 0 Å². The summed E-state index contributed by atoms with van der Waals surface area (Å²) >= 11 is 0. The van der Waals surface area contributed by atoms with E-state index in [1.54, 1.807) is 30.3 Å². The van der Waals surface area contributed by atoms with Gasteiger partial charge in [0.2, 0.25) is 0 Å². The molecule has 0 saturated carbocycles. The summed E-state index contributed by atoms with van der Waals surface area (Å²) in [6, 6.07) is 16.5. The Morgan fingerprint density at radius 1 is 0.938 bits per heavy atom. The van der Waals surface area contributed by atoms with Gasteiger partial charge in [0.05, 0.1) is 16.1 Å². The van der Waals surface area contributed by atoms with Gasteiger partial charge in [-0.2, -0.15) is 0 Å². The second-order valence-corrected chi connectivity index (χ2v) is 10.4. The summed E-state index contributed by atoms with van der Waals surface area (Å²) in [6.07, 6.45) is 3.11. The highest BCUT2D eigenvalue weighted by Gasteiger charge is 2.16. The maximum Gasteiger partial charge on any atom is 0.261 e. The Kier molecular flexibility index (Phi) is 7.08. The fourth-order valence-corrected chi connectivity index (χ4v) is 5.11. The van der Waals surface area contributed by atoms with Crippen molar-refractivity contribution in [2.45, 2.75) is 31.1 Å². The lowest BCUT2D eigenvalue weighted by Gasteiger charge is -2.32. The third-order valence-corrected chi connectivity index (χ3v) is 7.49. The molecular formula is C25H32N4O2S. The molecule has 0 amide bonds. The van der Waals surface area contributed by atoms with Gasteiger partial charge in [0.1, 0.15) is 0 Å². The number of anilines is 1. The second-order valence-electron chi connectivity index (χ2n) is 8.70. The molecule has 0 bridgehead atoms. The Labute approximate surface area is 191 Å². The van der Waals surface area contributed by atoms with E-state index < -0.39 is 10.0 Å². The molecule has 1 aromatic heterocycles.